The van der Waals surface area contributed by atoms with Gasteiger partial charge in [-0.05, 0) is 37.6 Å². The summed E-state index contributed by atoms with van der Waals surface area (Å²) in [5, 5.41) is 2.60. The first-order valence-corrected chi connectivity index (χ1v) is 9.99. The molecule has 3 aromatic heterocycles. The van der Waals surface area contributed by atoms with Gasteiger partial charge in [-0.1, -0.05) is 30.3 Å². The van der Waals surface area contributed by atoms with Gasteiger partial charge in [-0.2, -0.15) is 0 Å². The minimum absolute atomic E-state index is 0.984. The van der Waals surface area contributed by atoms with Crippen LogP contribution in [0.25, 0.3) is 49.7 Å². The van der Waals surface area contributed by atoms with Gasteiger partial charge in [-0.25, -0.2) is 7.76 Å². The van der Waals surface area contributed by atoms with E-state index >= 15 is 0 Å². The zero-order valence-electron chi connectivity index (χ0n) is 15.3. The van der Waals surface area contributed by atoms with E-state index in [0.717, 1.165) is 11.3 Å². The Morgan fingerprint density at radius 1 is 0.852 bits per heavy atom. The molecular weight excluding hydrogens is 447 g/mol. The van der Waals surface area contributed by atoms with Crippen molar-refractivity contribution in [1.82, 2.24) is 16.7 Å². The molecule has 0 bridgehead atoms. The monoisotopic (exact) mass is 464 g/mol. The van der Waals surface area contributed by atoms with Gasteiger partial charge in [-0.15, -0.1) is 0 Å². The molecule has 27 heavy (non-hydrogen) atoms. The summed E-state index contributed by atoms with van der Waals surface area (Å²) in [6, 6.07) is 17.4. The lowest BCUT2D eigenvalue weighted by Crippen LogP contribution is -1.92. The van der Waals surface area contributed by atoms with Crippen molar-refractivity contribution < 1.29 is 0 Å². The maximum Gasteiger partial charge on any atom is 0.225 e. The lowest BCUT2D eigenvalue weighted by atomic mass is 10.1. The number of rotatable bonds is 0. The van der Waals surface area contributed by atoms with Gasteiger partial charge in [0.1, 0.15) is 0 Å². The van der Waals surface area contributed by atoms with Gasteiger partial charge in [0.05, 0.1) is 50.4 Å². The number of hydrogen-bond acceptors (Lipinski definition) is 1. The molecule has 3 aromatic carbocycles. The van der Waals surface area contributed by atoms with Crippen LogP contribution >= 0.6 is 22.9 Å². The summed E-state index contributed by atoms with van der Waals surface area (Å²) in [7, 11) is 2.16. The molecule has 0 aliphatic heterocycles. The fourth-order valence-electron chi connectivity index (χ4n) is 4.65. The molecule has 6 rings (SSSR count). The summed E-state index contributed by atoms with van der Waals surface area (Å²) in [6.45, 7) is 4.36. The number of aryl methyl sites for hydroxylation is 3. The van der Waals surface area contributed by atoms with Gasteiger partial charge >= 0.3 is 0 Å². The SMILES string of the molecule is Cc1cccc2c1nc1n(I)c3c(C)c4c(cc3n21)c1ccccc1n4C. The molecule has 0 N–H and O–H groups in total. The molecule has 0 amide bonds. The van der Waals surface area contributed by atoms with Crippen LogP contribution < -0.4 is 0 Å². The number of imidazole rings is 2. The van der Waals surface area contributed by atoms with Gasteiger partial charge in [0.25, 0.3) is 0 Å². The summed E-state index contributed by atoms with van der Waals surface area (Å²) in [5.74, 6) is 0.984. The predicted molar refractivity (Wildman–Crippen MR) is 121 cm³/mol. The van der Waals surface area contributed by atoms with Crippen molar-refractivity contribution in [1.29, 1.82) is 0 Å². The van der Waals surface area contributed by atoms with Crippen molar-refractivity contribution in [3.8, 4) is 0 Å². The fourth-order valence-corrected chi connectivity index (χ4v) is 5.58. The highest BCUT2D eigenvalue weighted by atomic mass is 127. The Morgan fingerprint density at radius 2 is 1.63 bits per heavy atom. The Hall–Kier alpha value is -2.54. The number of nitrogens with zero attached hydrogens (tertiary/aromatic N) is 4. The highest BCUT2D eigenvalue weighted by Gasteiger charge is 2.21. The fraction of sp³-hybridized carbons (Fsp3) is 0.136. The average molecular weight is 464 g/mol. The van der Waals surface area contributed by atoms with Gasteiger partial charge < -0.3 is 4.57 Å². The van der Waals surface area contributed by atoms with Crippen molar-refractivity contribution in [3.05, 3.63) is 59.7 Å². The maximum absolute atomic E-state index is 4.96. The minimum Gasteiger partial charge on any atom is -0.343 e. The molecule has 0 atom stereocenters. The highest BCUT2D eigenvalue weighted by molar-refractivity contribution is 14.1. The standard InChI is InChI=1S/C22H17IN4/c1-12-7-6-10-17-19(12)24-22-26(17)18-11-15-14-8-4-5-9-16(14)25(3)20(15)13(2)21(18)27(22)23/h4-11H,1-3H3. The topological polar surface area (TPSA) is 27.2 Å². The third-order valence-electron chi connectivity index (χ3n) is 5.86. The van der Waals surface area contributed by atoms with Crippen LogP contribution in [0.5, 0.6) is 0 Å². The van der Waals surface area contributed by atoms with E-state index in [2.05, 4.69) is 104 Å². The van der Waals surface area contributed by atoms with E-state index in [4.69, 9.17) is 4.98 Å². The first kappa shape index (κ1) is 15.5. The number of para-hydroxylation sites is 2. The molecule has 0 radical (unpaired) electrons. The lowest BCUT2D eigenvalue weighted by Gasteiger charge is -2.05. The van der Waals surface area contributed by atoms with Crippen molar-refractivity contribution in [2.24, 2.45) is 7.05 Å². The van der Waals surface area contributed by atoms with E-state index in [0.29, 0.717) is 0 Å². The quantitative estimate of drug-likeness (QED) is 0.257. The summed E-state index contributed by atoms with van der Waals surface area (Å²) < 4.78 is 6.82. The molecule has 0 aliphatic carbocycles. The van der Waals surface area contributed by atoms with Crippen molar-refractivity contribution >= 4 is 72.5 Å². The van der Waals surface area contributed by atoms with Crippen LogP contribution in [-0.2, 0) is 7.05 Å². The van der Waals surface area contributed by atoms with Crippen LogP contribution in [-0.4, -0.2) is 16.7 Å². The van der Waals surface area contributed by atoms with E-state index in [1.165, 1.54) is 49.5 Å². The first-order chi connectivity index (χ1) is 13.1. The van der Waals surface area contributed by atoms with E-state index in [9.17, 15) is 0 Å². The molecule has 3 heterocycles. The van der Waals surface area contributed by atoms with Crippen molar-refractivity contribution in [2.75, 3.05) is 0 Å². The van der Waals surface area contributed by atoms with Crippen molar-refractivity contribution in [2.45, 2.75) is 13.8 Å². The minimum atomic E-state index is 0.984. The molecule has 0 fully saturated rings. The number of hydrogen-bond donors (Lipinski definition) is 0. The van der Waals surface area contributed by atoms with Gasteiger partial charge in [0.2, 0.25) is 5.78 Å². The summed E-state index contributed by atoms with van der Waals surface area (Å²) >= 11 is 2.39. The normalized spacial score (nSPS) is 12.4. The molecule has 0 saturated carbocycles. The Bertz CT molecular complexity index is 1560. The van der Waals surface area contributed by atoms with E-state index in [1.54, 1.807) is 0 Å². The van der Waals surface area contributed by atoms with Gasteiger partial charge in [-0.3, -0.25) is 4.40 Å². The third-order valence-corrected chi connectivity index (χ3v) is 6.78. The first-order valence-electron chi connectivity index (χ1n) is 9.03. The molecule has 4 nitrogen and oxygen atoms in total. The summed E-state index contributed by atoms with van der Waals surface area (Å²) in [5.41, 5.74) is 9.77. The second-order valence-corrected chi connectivity index (χ2v) is 8.28. The van der Waals surface area contributed by atoms with E-state index in [-0.39, 0.29) is 0 Å². The Morgan fingerprint density at radius 3 is 2.48 bits per heavy atom. The Balaban J connectivity index is 1.95. The maximum atomic E-state index is 4.96. The molecule has 0 unspecified atom stereocenters. The Labute approximate surface area is 169 Å². The number of aromatic nitrogens is 4. The smallest absolute Gasteiger partial charge is 0.225 e. The summed E-state index contributed by atoms with van der Waals surface area (Å²) in [6.07, 6.45) is 0. The van der Waals surface area contributed by atoms with E-state index < -0.39 is 0 Å². The van der Waals surface area contributed by atoms with Crippen LogP contribution in [0.1, 0.15) is 11.1 Å². The zero-order chi connectivity index (χ0) is 18.4. The molecule has 6 aromatic rings. The number of fused-ring (bicyclic) bond motifs is 8. The number of benzene rings is 3. The van der Waals surface area contributed by atoms with Crippen LogP contribution in [0.15, 0.2) is 48.5 Å². The van der Waals surface area contributed by atoms with Gasteiger partial charge in [0, 0.05) is 28.9 Å². The molecule has 0 saturated heterocycles. The Kier molecular flexibility index (Phi) is 2.90. The zero-order valence-corrected chi connectivity index (χ0v) is 17.4. The predicted octanol–water partition coefficient (Wildman–Crippen LogP) is 5.90. The molecule has 0 aliphatic rings. The number of halogens is 1. The van der Waals surface area contributed by atoms with Crippen LogP contribution in [0.4, 0.5) is 0 Å². The molecule has 132 valence electrons. The second-order valence-electron chi connectivity index (χ2n) is 7.31. The second kappa shape index (κ2) is 5.04. The average Bonchev–Trinajstić information content (AvgIpc) is 3.27. The van der Waals surface area contributed by atoms with E-state index in [1.807, 2.05) is 0 Å². The van der Waals surface area contributed by atoms with Gasteiger partial charge in [0.15, 0.2) is 0 Å². The molecule has 5 heteroatoms. The molecular formula is C22H17IN4. The summed E-state index contributed by atoms with van der Waals surface area (Å²) in [4.78, 5) is 4.96. The van der Waals surface area contributed by atoms with Crippen LogP contribution in [0.2, 0.25) is 0 Å². The van der Waals surface area contributed by atoms with Crippen LogP contribution in [0, 0.1) is 13.8 Å². The third kappa shape index (κ3) is 1.76. The van der Waals surface area contributed by atoms with Crippen LogP contribution in [0.3, 0.4) is 0 Å². The largest absolute Gasteiger partial charge is 0.343 e. The van der Waals surface area contributed by atoms with Crippen molar-refractivity contribution in [3.63, 3.8) is 0 Å². The highest BCUT2D eigenvalue weighted by Crippen LogP contribution is 2.38. The lowest BCUT2D eigenvalue weighted by molar-refractivity contribution is 1.01. The molecule has 0 spiro atoms.